The Morgan fingerprint density at radius 1 is 1.33 bits per heavy atom. The molecule has 1 aromatic heterocycles. The molecule has 0 radical (unpaired) electrons. The van der Waals surface area contributed by atoms with Crippen molar-refractivity contribution in [3.8, 4) is 0 Å². The van der Waals surface area contributed by atoms with Crippen LogP contribution in [0.15, 0.2) is 42.7 Å². The normalized spacial score (nSPS) is 10.2. The van der Waals surface area contributed by atoms with Gasteiger partial charge in [-0.2, -0.15) is 5.10 Å². The molecule has 0 aliphatic carbocycles. The molecule has 0 fully saturated rings. The Bertz CT molecular complexity index is 448. The molecule has 0 amide bonds. The van der Waals surface area contributed by atoms with Crippen molar-refractivity contribution in [2.24, 2.45) is 0 Å². The van der Waals surface area contributed by atoms with Crippen molar-refractivity contribution in [1.82, 2.24) is 9.78 Å². The molecule has 0 spiro atoms. The predicted octanol–water partition coefficient (Wildman–Crippen LogP) is 2.31. The highest BCUT2D eigenvalue weighted by atomic mass is 35.5. The van der Waals surface area contributed by atoms with Gasteiger partial charge in [0.25, 0.3) is 5.24 Å². The SMILES string of the molecule is O=C(Cl)c1ccc(Cn2cccn2)cc1. The molecule has 1 aromatic carbocycles. The van der Waals surface area contributed by atoms with Crippen LogP contribution < -0.4 is 0 Å². The van der Waals surface area contributed by atoms with Crippen LogP contribution in [0.5, 0.6) is 0 Å². The first kappa shape index (κ1) is 9.93. The van der Waals surface area contributed by atoms with E-state index in [9.17, 15) is 4.79 Å². The lowest BCUT2D eigenvalue weighted by molar-refractivity contribution is 0.108. The second-order valence-electron chi connectivity index (χ2n) is 3.17. The molecule has 15 heavy (non-hydrogen) atoms. The molecule has 0 aliphatic rings. The molecule has 4 heteroatoms. The van der Waals surface area contributed by atoms with Gasteiger partial charge in [-0.25, -0.2) is 0 Å². The van der Waals surface area contributed by atoms with Gasteiger partial charge in [0.05, 0.1) is 6.54 Å². The van der Waals surface area contributed by atoms with E-state index in [-0.39, 0.29) is 0 Å². The van der Waals surface area contributed by atoms with Crippen LogP contribution in [-0.2, 0) is 6.54 Å². The van der Waals surface area contributed by atoms with Gasteiger partial charge in [0.1, 0.15) is 0 Å². The zero-order valence-corrected chi connectivity index (χ0v) is 8.69. The molecule has 2 aromatic rings. The van der Waals surface area contributed by atoms with Crippen molar-refractivity contribution >= 4 is 16.8 Å². The van der Waals surface area contributed by atoms with E-state index in [4.69, 9.17) is 11.6 Å². The average Bonchev–Trinajstić information content (AvgIpc) is 2.71. The number of hydrogen-bond acceptors (Lipinski definition) is 2. The zero-order chi connectivity index (χ0) is 10.7. The summed E-state index contributed by atoms with van der Waals surface area (Å²) in [6.07, 6.45) is 3.62. The molecule has 0 atom stereocenters. The van der Waals surface area contributed by atoms with Crippen LogP contribution in [0.4, 0.5) is 0 Å². The summed E-state index contributed by atoms with van der Waals surface area (Å²) in [6, 6.07) is 9.05. The minimum atomic E-state index is -0.430. The maximum atomic E-state index is 10.8. The fraction of sp³-hybridized carbons (Fsp3) is 0.0909. The summed E-state index contributed by atoms with van der Waals surface area (Å²) in [4.78, 5) is 10.8. The highest BCUT2D eigenvalue weighted by Crippen LogP contribution is 2.08. The van der Waals surface area contributed by atoms with E-state index in [1.54, 1.807) is 18.3 Å². The largest absolute Gasteiger partial charge is 0.276 e. The number of rotatable bonds is 3. The predicted molar refractivity (Wildman–Crippen MR) is 58.0 cm³/mol. The van der Waals surface area contributed by atoms with Crippen LogP contribution in [0.25, 0.3) is 0 Å². The van der Waals surface area contributed by atoms with Crippen LogP contribution in [0.1, 0.15) is 15.9 Å². The standard InChI is InChI=1S/C11H9ClN2O/c12-11(15)10-4-2-9(3-5-10)8-14-7-1-6-13-14/h1-7H,8H2. The maximum Gasteiger partial charge on any atom is 0.252 e. The van der Waals surface area contributed by atoms with Gasteiger partial charge < -0.3 is 0 Å². The quantitative estimate of drug-likeness (QED) is 0.744. The van der Waals surface area contributed by atoms with Crippen molar-refractivity contribution in [2.75, 3.05) is 0 Å². The molecule has 0 aliphatic heterocycles. The molecule has 2 rings (SSSR count). The van der Waals surface area contributed by atoms with Crippen molar-refractivity contribution < 1.29 is 4.79 Å². The van der Waals surface area contributed by atoms with Crippen molar-refractivity contribution in [1.29, 1.82) is 0 Å². The van der Waals surface area contributed by atoms with Gasteiger partial charge in [-0.05, 0) is 35.4 Å². The number of aromatic nitrogens is 2. The summed E-state index contributed by atoms with van der Waals surface area (Å²) in [5, 5.41) is 3.66. The Hall–Kier alpha value is -1.61. The topological polar surface area (TPSA) is 34.9 Å². The van der Waals surface area contributed by atoms with Crippen molar-refractivity contribution in [3.63, 3.8) is 0 Å². The summed E-state index contributed by atoms with van der Waals surface area (Å²) >= 11 is 5.34. The second-order valence-corrected chi connectivity index (χ2v) is 3.52. The van der Waals surface area contributed by atoms with Crippen LogP contribution in [0.2, 0.25) is 0 Å². The number of carbonyl (C=O) groups excluding carboxylic acids is 1. The van der Waals surface area contributed by atoms with Crippen LogP contribution in [-0.4, -0.2) is 15.0 Å². The molecule has 0 saturated carbocycles. The van der Waals surface area contributed by atoms with E-state index in [1.165, 1.54) is 0 Å². The number of halogens is 1. The summed E-state index contributed by atoms with van der Waals surface area (Å²) in [5.41, 5.74) is 1.60. The van der Waals surface area contributed by atoms with E-state index in [0.29, 0.717) is 12.1 Å². The molecule has 3 nitrogen and oxygen atoms in total. The van der Waals surface area contributed by atoms with Crippen LogP contribution in [0, 0.1) is 0 Å². The fourth-order valence-electron chi connectivity index (χ4n) is 1.32. The Morgan fingerprint density at radius 2 is 2.07 bits per heavy atom. The summed E-state index contributed by atoms with van der Waals surface area (Å²) < 4.78 is 1.82. The summed E-state index contributed by atoms with van der Waals surface area (Å²) in [6.45, 7) is 0.698. The molecule has 0 saturated heterocycles. The Balaban J connectivity index is 2.14. The van der Waals surface area contributed by atoms with E-state index >= 15 is 0 Å². The highest BCUT2D eigenvalue weighted by molar-refractivity contribution is 6.67. The van der Waals surface area contributed by atoms with Crippen molar-refractivity contribution in [3.05, 3.63) is 53.9 Å². The molecule has 0 N–H and O–H groups in total. The first-order valence-corrected chi connectivity index (χ1v) is 4.90. The third-order valence-corrected chi connectivity index (χ3v) is 2.30. The minimum Gasteiger partial charge on any atom is -0.276 e. The highest BCUT2D eigenvalue weighted by Gasteiger charge is 2.01. The summed E-state index contributed by atoms with van der Waals surface area (Å²) in [5.74, 6) is 0. The first-order chi connectivity index (χ1) is 7.25. The lowest BCUT2D eigenvalue weighted by atomic mass is 10.1. The monoisotopic (exact) mass is 220 g/mol. The first-order valence-electron chi connectivity index (χ1n) is 4.52. The molecule has 76 valence electrons. The van der Waals surface area contributed by atoms with E-state index in [1.807, 2.05) is 29.1 Å². The van der Waals surface area contributed by atoms with Crippen molar-refractivity contribution in [2.45, 2.75) is 6.54 Å². The maximum absolute atomic E-state index is 10.8. The second kappa shape index (κ2) is 4.28. The Morgan fingerprint density at radius 3 is 2.60 bits per heavy atom. The van der Waals surface area contributed by atoms with E-state index in [2.05, 4.69) is 5.10 Å². The molecule has 1 heterocycles. The van der Waals surface area contributed by atoms with Gasteiger partial charge in [0, 0.05) is 18.0 Å². The van der Waals surface area contributed by atoms with Gasteiger partial charge in [-0.3, -0.25) is 9.48 Å². The van der Waals surface area contributed by atoms with E-state index in [0.717, 1.165) is 5.56 Å². The lowest BCUT2D eigenvalue weighted by Gasteiger charge is -2.02. The zero-order valence-electron chi connectivity index (χ0n) is 7.93. The average molecular weight is 221 g/mol. The van der Waals surface area contributed by atoms with Gasteiger partial charge in [-0.15, -0.1) is 0 Å². The molecular weight excluding hydrogens is 212 g/mol. The molecule has 0 unspecified atom stereocenters. The summed E-state index contributed by atoms with van der Waals surface area (Å²) in [7, 11) is 0. The fourth-order valence-corrected chi connectivity index (χ4v) is 1.45. The van der Waals surface area contributed by atoms with Gasteiger partial charge in [0.15, 0.2) is 0 Å². The number of nitrogens with zero attached hydrogens (tertiary/aromatic N) is 2. The molecule has 0 bridgehead atoms. The van der Waals surface area contributed by atoms with Gasteiger partial charge in [0.2, 0.25) is 0 Å². The minimum absolute atomic E-state index is 0.430. The van der Waals surface area contributed by atoms with Gasteiger partial charge in [-0.1, -0.05) is 12.1 Å². The van der Waals surface area contributed by atoms with Crippen LogP contribution >= 0.6 is 11.6 Å². The number of benzene rings is 1. The number of hydrogen-bond donors (Lipinski definition) is 0. The third kappa shape index (κ3) is 2.44. The van der Waals surface area contributed by atoms with E-state index < -0.39 is 5.24 Å². The smallest absolute Gasteiger partial charge is 0.252 e. The van der Waals surface area contributed by atoms with Crippen LogP contribution in [0.3, 0.4) is 0 Å². The molecular formula is C11H9ClN2O. The number of carbonyl (C=O) groups is 1. The third-order valence-electron chi connectivity index (χ3n) is 2.08. The lowest BCUT2D eigenvalue weighted by Crippen LogP contribution is -2.00. The Kier molecular flexibility index (Phi) is 2.83. The van der Waals surface area contributed by atoms with Gasteiger partial charge >= 0.3 is 0 Å². The Labute approximate surface area is 92.3 Å².